The Balaban J connectivity index is 2.58. The molecular formula is C14H12ClF3N2. The maximum absolute atomic E-state index is 12.6. The van der Waals surface area contributed by atoms with E-state index in [1.807, 2.05) is 13.8 Å². The Labute approximate surface area is 119 Å². The number of nitrogens with two attached hydrogens (primary N) is 1. The van der Waals surface area contributed by atoms with Crippen LogP contribution in [0.5, 0.6) is 0 Å². The van der Waals surface area contributed by atoms with Crippen molar-refractivity contribution >= 4 is 17.3 Å². The molecule has 0 atom stereocenters. The summed E-state index contributed by atoms with van der Waals surface area (Å²) < 4.78 is 37.8. The van der Waals surface area contributed by atoms with Crippen LogP contribution in [0, 0.1) is 13.8 Å². The molecule has 2 rings (SSSR count). The van der Waals surface area contributed by atoms with E-state index in [9.17, 15) is 13.2 Å². The Morgan fingerprint density at radius 2 is 1.80 bits per heavy atom. The van der Waals surface area contributed by atoms with Crippen molar-refractivity contribution < 1.29 is 13.2 Å². The van der Waals surface area contributed by atoms with Gasteiger partial charge in [-0.05, 0) is 37.1 Å². The molecule has 0 aliphatic rings. The Hall–Kier alpha value is -1.75. The predicted molar refractivity (Wildman–Crippen MR) is 73.6 cm³/mol. The highest BCUT2D eigenvalue weighted by Crippen LogP contribution is 2.35. The average molecular weight is 301 g/mol. The van der Waals surface area contributed by atoms with Gasteiger partial charge in [-0.15, -0.1) is 0 Å². The molecule has 0 aliphatic carbocycles. The SMILES string of the molecule is Cc1c(Cl)ccc(-c2ncc(C(F)(F)F)cc2N)c1C. The second-order valence-electron chi connectivity index (χ2n) is 4.50. The molecule has 2 aromatic rings. The summed E-state index contributed by atoms with van der Waals surface area (Å²) in [4.78, 5) is 3.86. The largest absolute Gasteiger partial charge is 0.417 e. The van der Waals surface area contributed by atoms with Gasteiger partial charge in [-0.2, -0.15) is 13.2 Å². The molecule has 0 amide bonds. The van der Waals surface area contributed by atoms with Gasteiger partial charge in [-0.3, -0.25) is 4.98 Å². The lowest BCUT2D eigenvalue weighted by Crippen LogP contribution is -2.07. The molecule has 6 heteroatoms. The van der Waals surface area contributed by atoms with Crippen molar-refractivity contribution in [2.45, 2.75) is 20.0 Å². The van der Waals surface area contributed by atoms with Crippen LogP contribution in [-0.4, -0.2) is 4.98 Å². The molecule has 20 heavy (non-hydrogen) atoms. The first-order chi connectivity index (χ1) is 9.21. The first-order valence-electron chi connectivity index (χ1n) is 5.80. The van der Waals surface area contributed by atoms with Crippen molar-refractivity contribution in [1.82, 2.24) is 4.98 Å². The summed E-state index contributed by atoms with van der Waals surface area (Å²) in [5.41, 5.74) is 7.55. The number of alkyl halides is 3. The molecule has 0 spiro atoms. The van der Waals surface area contributed by atoms with Crippen LogP contribution in [0.15, 0.2) is 24.4 Å². The monoisotopic (exact) mass is 300 g/mol. The topological polar surface area (TPSA) is 38.9 Å². The summed E-state index contributed by atoms with van der Waals surface area (Å²) in [6.45, 7) is 3.66. The van der Waals surface area contributed by atoms with E-state index < -0.39 is 11.7 Å². The lowest BCUT2D eigenvalue weighted by atomic mass is 9.99. The van der Waals surface area contributed by atoms with Crippen LogP contribution < -0.4 is 5.73 Å². The van der Waals surface area contributed by atoms with Gasteiger partial charge >= 0.3 is 6.18 Å². The van der Waals surface area contributed by atoms with E-state index in [1.165, 1.54) is 0 Å². The van der Waals surface area contributed by atoms with Crippen LogP contribution in [-0.2, 0) is 6.18 Å². The second-order valence-corrected chi connectivity index (χ2v) is 4.91. The zero-order valence-electron chi connectivity index (χ0n) is 10.8. The van der Waals surface area contributed by atoms with E-state index in [0.29, 0.717) is 16.3 Å². The molecule has 1 aromatic carbocycles. The molecule has 0 saturated carbocycles. The Kier molecular flexibility index (Phi) is 3.65. The van der Waals surface area contributed by atoms with Crippen molar-refractivity contribution in [2.24, 2.45) is 0 Å². The first-order valence-corrected chi connectivity index (χ1v) is 6.18. The molecule has 0 radical (unpaired) electrons. The summed E-state index contributed by atoms with van der Waals surface area (Å²) in [5.74, 6) is 0. The molecule has 1 aromatic heterocycles. The highest BCUT2D eigenvalue weighted by Gasteiger charge is 2.31. The van der Waals surface area contributed by atoms with Gasteiger partial charge in [-0.1, -0.05) is 17.7 Å². The Bertz CT molecular complexity index is 666. The van der Waals surface area contributed by atoms with E-state index in [4.69, 9.17) is 17.3 Å². The van der Waals surface area contributed by atoms with Crippen molar-refractivity contribution in [1.29, 1.82) is 0 Å². The number of anilines is 1. The fourth-order valence-corrected chi connectivity index (χ4v) is 2.11. The highest BCUT2D eigenvalue weighted by molar-refractivity contribution is 6.31. The van der Waals surface area contributed by atoms with Crippen LogP contribution in [0.1, 0.15) is 16.7 Å². The third-order valence-electron chi connectivity index (χ3n) is 3.22. The van der Waals surface area contributed by atoms with Gasteiger partial charge in [0.15, 0.2) is 0 Å². The number of rotatable bonds is 1. The van der Waals surface area contributed by atoms with Gasteiger partial charge in [0.2, 0.25) is 0 Å². The minimum atomic E-state index is -4.45. The maximum Gasteiger partial charge on any atom is 0.417 e. The number of nitrogen functional groups attached to an aromatic ring is 1. The third kappa shape index (κ3) is 2.58. The number of aromatic nitrogens is 1. The summed E-state index contributed by atoms with van der Waals surface area (Å²) in [6.07, 6.45) is -3.67. The van der Waals surface area contributed by atoms with E-state index in [2.05, 4.69) is 4.98 Å². The minimum absolute atomic E-state index is 0.00959. The fourth-order valence-electron chi connectivity index (χ4n) is 1.91. The van der Waals surface area contributed by atoms with E-state index >= 15 is 0 Å². The number of benzene rings is 1. The number of hydrogen-bond donors (Lipinski definition) is 1. The van der Waals surface area contributed by atoms with Crippen molar-refractivity contribution in [3.8, 4) is 11.3 Å². The predicted octanol–water partition coefficient (Wildman–Crippen LogP) is 4.62. The molecule has 2 N–H and O–H groups in total. The smallest absolute Gasteiger partial charge is 0.397 e. The second kappa shape index (κ2) is 4.98. The van der Waals surface area contributed by atoms with Crippen LogP contribution >= 0.6 is 11.6 Å². The lowest BCUT2D eigenvalue weighted by molar-refractivity contribution is -0.137. The van der Waals surface area contributed by atoms with E-state index in [-0.39, 0.29) is 5.69 Å². The normalized spacial score (nSPS) is 11.7. The summed E-state index contributed by atoms with van der Waals surface area (Å²) >= 11 is 6.00. The van der Waals surface area contributed by atoms with Crippen LogP contribution in [0.4, 0.5) is 18.9 Å². The van der Waals surface area contributed by atoms with Gasteiger partial charge in [0, 0.05) is 16.8 Å². The van der Waals surface area contributed by atoms with Gasteiger partial charge in [0.05, 0.1) is 16.9 Å². The zero-order valence-corrected chi connectivity index (χ0v) is 11.6. The van der Waals surface area contributed by atoms with Crippen LogP contribution in [0.3, 0.4) is 0 Å². The number of halogens is 4. The van der Waals surface area contributed by atoms with E-state index in [0.717, 1.165) is 23.4 Å². The quantitative estimate of drug-likeness (QED) is 0.834. The molecule has 0 saturated heterocycles. The maximum atomic E-state index is 12.6. The number of hydrogen-bond acceptors (Lipinski definition) is 2. The molecule has 0 aliphatic heterocycles. The average Bonchev–Trinajstić information content (AvgIpc) is 2.36. The molecular weight excluding hydrogens is 289 g/mol. The molecule has 0 fully saturated rings. The Morgan fingerprint density at radius 3 is 2.35 bits per heavy atom. The Morgan fingerprint density at radius 1 is 1.15 bits per heavy atom. The molecule has 0 bridgehead atoms. The molecule has 2 nitrogen and oxygen atoms in total. The van der Waals surface area contributed by atoms with Crippen LogP contribution in [0.25, 0.3) is 11.3 Å². The zero-order chi connectivity index (χ0) is 15.1. The van der Waals surface area contributed by atoms with Crippen molar-refractivity contribution in [2.75, 3.05) is 5.73 Å². The lowest BCUT2D eigenvalue weighted by Gasteiger charge is -2.13. The summed E-state index contributed by atoms with van der Waals surface area (Å²) in [5, 5.41) is 0.594. The molecule has 1 heterocycles. The number of pyridine rings is 1. The highest BCUT2D eigenvalue weighted by atomic mass is 35.5. The first kappa shape index (κ1) is 14.7. The van der Waals surface area contributed by atoms with Gasteiger partial charge in [-0.25, -0.2) is 0 Å². The fraction of sp³-hybridized carbons (Fsp3) is 0.214. The summed E-state index contributed by atoms with van der Waals surface area (Å²) in [7, 11) is 0. The molecule has 0 unspecified atom stereocenters. The van der Waals surface area contributed by atoms with Gasteiger partial charge in [0.1, 0.15) is 0 Å². The summed E-state index contributed by atoms with van der Waals surface area (Å²) in [6, 6.07) is 4.28. The van der Waals surface area contributed by atoms with E-state index in [1.54, 1.807) is 12.1 Å². The third-order valence-corrected chi connectivity index (χ3v) is 3.63. The molecule has 106 valence electrons. The van der Waals surface area contributed by atoms with Crippen LogP contribution in [0.2, 0.25) is 5.02 Å². The minimum Gasteiger partial charge on any atom is -0.397 e. The van der Waals surface area contributed by atoms with Crippen molar-refractivity contribution in [3.63, 3.8) is 0 Å². The number of nitrogens with zero attached hydrogens (tertiary/aromatic N) is 1. The van der Waals surface area contributed by atoms with Gasteiger partial charge < -0.3 is 5.73 Å². The van der Waals surface area contributed by atoms with Crippen molar-refractivity contribution in [3.05, 3.63) is 46.1 Å². The van der Waals surface area contributed by atoms with Gasteiger partial charge in [0.25, 0.3) is 0 Å². The standard InChI is InChI=1S/C14H12ClF3N2/c1-7-8(2)11(15)4-3-10(7)13-12(19)5-9(6-20-13)14(16,17)18/h3-6H,19H2,1-2H3.